The fourth-order valence-corrected chi connectivity index (χ4v) is 2.85. The van der Waals surface area contributed by atoms with Gasteiger partial charge in [-0.25, -0.2) is 13.1 Å². The van der Waals surface area contributed by atoms with Crippen LogP contribution in [0.5, 0.6) is 0 Å². The number of carbonyl (C=O) groups is 1. The maximum atomic E-state index is 12.1. The molecule has 18 heavy (non-hydrogen) atoms. The fraction of sp³-hybridized carbons (Fsp3) is 0.167. The van der Waals surface area contributed by atoms with Crippen LogP contribution in [-0.2, 0) is 14.8 Å². The minimum absolute atomic E-state index is 0.134. The highest BCUT2D eigenvalue weighted by atomic mass is 32.2. The number of hydrogen-bond donors (Lipinski definition) is 1. The molecule has 0 saturated heterocycles. The summed E-state index contributed by atoms with van der Waals surface area (Å²) >= 11 is 0. The van der Waals surface area contributed by atoms with Gasteiger partial charge in [0.15, 0.2) is 0 Å². The summed E-state index contributed by atoms with van der Waals surface area (Å²) < 4.78 is 26.4. The van der Waals surface area contributed by atoms with Crippen LogP contribution >= 0.6 is 0 Å². The Kier molecular flexibility index (Phi) is 3.40. The molecule has 0 bridgehead atoms. The topological polar surface area (TPSA) is 76.1 Å². The lowest BCUT2D eigenvalue weighted by Gasteiger charge is -2.07. The van der Waals surface area contributed by atoms with Crippen LogP contribution < -0.4 is 4.72 Å². The van der Waals surface area contributed by atoms with Gasteiger partial charge in [0.2, 0.25) is 10.0 Å². The number of benzene rings is 1. The first-order chi connectivity index (χ1) is 8.50. The number of Topliss-reactive ketones (excluding diaryl/α,β-unsaturated/α-hetero) is 1. The second kappa shape index (κ2) is 4.83. The van der Waals surface area contributed by atoms with Gasteiger partial charge in [-0.3, -0.25) is 9.78 Å². The summed E-state index contributed by atoms with van der Waals surface area (Å²) in [6.07, 6.45) is 1.60. The number of sulfonamides is 1. The summed E-state index contributed by atoms with van der Waals surface area (Å²) in [5.74, 6) is -0.239. The Bertz CT molecular complexity index is 690. The Balaban J connectivity index is 2.50. The molecule has 1 aromatic carbocycles. The van der Waals surface area contributed by atoms with Crippen LogP contribution in [0.4, 0.5) is 0 Å². The molecular weight excluding hydrogens is 252 g/mol. The Labute approximate surface area is 105 Å². The van der Waals surface area contributed by atoms with Gasteiger partial charge in [-0.05, 0) is 31.2 Å². The van der Waals surface area contributed by atoms with E-state index in [1.54, 1.807) is 30.5 Å². The van der Waals surface area contributed by atoms with E-state index in [1.165, 1.54) is 13.0 Å². The second-order valence-electron chi connectivity index (χ2n) is 3.85. The molecule has 2 aromatic rings. The van der Waals surface area contributed by atoms with Crippen LogP contribution in [0, 0.1) is 0 Å². The molecule has 0 aliphatic rings. The van der Waals surface area contributed by atoms with Crippen molar-refractivity contribution in [2.24, 2.45) is 0 Å². The summed E-state index contributed by atoms with van der Waals surface area (Å²) in [6.45, 7) is 1.12. The fourth-order valence-electron chi connectivity index (χ4n) is 1.58. The standard InChI is InChI=1S/C12H12N2O3S/c1-9(15)8-14-18(16,17)12-6-2-5-11-10(12)4-3-7-13-11/h2-7,14H,8H2,1H3. The van der Waals surface area contributed by atoms with E-state index in [0.29, 0.717) is 10.9 Å². The van der Waals surface area contributed by atoms with E-state index < -0.39 is 10.0 Å². The zero-order valence-corrected chi connectivity index (χ0v) is 10.6. The Morgan fingerprint density at radius 3 is 2.78 bits per heavy atom. The number of hydrogen-bond acceptors (Lipinski definition) is 4. The van der Waals surface area contributed by atoms with Gasteiger partial charge in [0, 0.05) is 11.6 Å². The maximum absolute atomic E-state index is 12.1. The van der Waals surface area contributed by atoms with Gasteiger partial charge in [0.25, 0.3) is 0 Å². The third-order valence-electron chi connectivity index (χ3n) is 2.41. The Morgan fingerprint density at radius 1 is 1.28 bits per heavy atom. The molecular formula is C12H12N2O3S. The van der Waals surface area contributed by atoms with Crippen LogP contribution in [0.15, 0.2) is 41.4 Å². The molecule has 0 atom stereocenters. The lowest BCUT2D eigenvalue weighted by atomic mass is 10.2. The normalized spacial score (nSPS) is 11.6. The van der Waals surface area contributed by atoms with Crippen LogP contribution in [0.1, 0.15) is 6.92 Å². The van der Waals surface area contributed by atoms with Crippen molar-refractivity contribution in [2.75, 3.05) is 6.54 Å². The number of ketones is 1. The van der Waals surface area contributed by atoms with Gasteiger partial charge < -0.3 is 0 Å². The molecule has 1 aromatic heterocycles. The molecule has 0 aliphatic heterocycles. The molecule has 0 amide bonds. The average Bonchev–Trinajstić information content (AvgIpc) is 2.36. The third-order valence-corrected chi connectivity index (χ3v) is 3.87. The first-order valence-electron chi connectivity index (χ1n) is 5.33. The van der Waals surface area contributed by atoms with E-state index >= 15 is 0 Å². The van der Waals surface area contributed by atoms with Crippen LogP contribution in [0.3, 0.4) is 0 Å². The van der Waals surface area contributed by atoms with Gasteiger partial charge >= 0.3 is 0 Å². The molecule has 0 fully saturated rings. The lowest BCUT2D eigenvalue weighted by molar-refractivity contribution is -0.115. The summed E-state index contributed by atoms with van der Waals surface area (Å²) in [5.41, 5.74) is 0.600. The highest BCUT2D eigenvalue weighted by Crippen LogP contribution is 2.20. The number of carbonyl (C=O) groups excluding carboxylic acids is 1. The first kappa shape index (κ1) is 12.7. The molecule has 5 nitrogen and oxygen atoms in total. The molecule has 0 spiro atoms. The number of rotatable bonds is 4. The Morgan fingerprint density at radius 2 is 2.06 bits per heavy atom. The van der Waals surface area contributed by atoms with Crippen molar-refractivity contribution in [1.29, 1.82) is 0 Å². The second-order valence-corrected chi connectivity index (χ2v) is 5.59. The van der Waals surface area contributed by atoms with E-state index in [0.717, 1.165) is 0 Å². The third kappa shape index (κ3) is 2.55. The summed E-state index contributed by atoms with van der Waals surface area (Å²) in [7, 11) is -3.69. The SMILES string of the molecule is CC(=O)CNS(=O)(=O)c1cccc2ncccc12. The molecule has 0 saturated carbocycles. The zero-order chi connectivity index (χ0) is 13.2. The molecule has 0 unspecified atom stereocenters. The van der Waals surface area contributed by atoms with E-state index in [2.05, 4.69) is 9.71 Å². The monoisotopic (exact) mass is 264 g/mol. The molecule has 1 heterocycles. The van der Waals surface area contributed by atoms with Crippen molar-refractivity contribution in [1.82, 2.24) is 9.71 Å². The van der Waals surface area contributed by atoms with Crippen LogP contribution in [0.25, 0.3) is 10.9 Å². The van der Waals surface area contributed by atoms with E-state index in [1.807, 2.05) is 0 Å². The number of aromatic nitrogens is 1. The number of nitrogens with one attached hydrogen (secondary N) is 1. The van der Waals surface area contributed by atoms with E-state index in [9.17, 15) is 13.2 Å². The van der Waals surface area contributed by atoms with Gasteiger partial charge in [-0.2, -0.15) is 0 Å². The predicted molar refractivity (Wildman–Crippen MR) is 67.6 cm³/mol. The Hall–Kier alpha value is -1.79. The van der Waals surface area contributed by atoms with Crippen LogP contribution in [-0.4, -0.2) is 25.7 Å². The average molecular weight is 264 g/mol. The molecule has 0 aliphatic carbocycles. The van der Waals surface area contributed by atoms with Crippen molar-refractivity contribution in [3.05, 3.63) is 36.5 Å². The van der Waals surface area contributed by atoms with Crippen molar-refractivity contribution in [3.63, 3.8) is 0 Å². The predicted octanol–water partition coefficient (Wildman–Crippen LogP) is 1.10. The lowest BCUT2D eigenvalue weighted by Crippen LogP contribution is -2.28. The minimum atomic E-state index is -3.69. The summed E-state index contributed by atoms with van der Waals surface area (Å²) in [6, 6.07) is 8.21. The molecule has 6 heteroatoms. The quantitative estimate of drug-likeness (QED) is 0.897. The highest BCUT2D eigenvalue weighted by molar-refractivity contribution is 7.89. The first-order valence-corrected chi connectivity index (χ1v) is 6.82. The molecule has 2 rings (SSSR count). The largest absolute Gasteiger partial charge is 0.299 e. The van der Waals surface area contributed by atoms with E-state index in [-0.39, 0.29) is 17.2 Å². The van der Waals surface area contributed by atoms with Gasteiger partial charge in [-0.15, -0.1) is 0 Å². The molecule has 1 N–H and O–H groups in total. The van der Waals surface area contributed by atoms with Crippen molar-refractivity contribution < 1.29 is 13.2 Å². The van der Waals surface area contributed by atoms with Crippen molar-refractivity contribution in [3.8, 4) is 0 Å². The van der Waals surface area contributed by atoms with Crippen molar-refractivity contribution >= 4 is 26.7 Å². The van der Waals surface area contributed by atoms with Gasteiger partial charge in [0.05, 0.1) is 17.0 Å². The number of fused-ring (bicyclic) bond motifs is 1. The smallest absolute Gasteiger partial charge is 0.241 e. The van der Waals surface area contributed by atoms with E-state index in [4.69, 9.17) is 0 Å². The summed E-state index contributed by atoms with van der Waals surface area (Å²) in [5, 5.41) is 0.538. The minimum Gasteiger partial charge on any atom is -0.299 e. The van der Waals surface area contributed by atoms with Gasteiger partial charge in [0.1, 0.15) is 5.78 Å². The highest BCUT2D eigenvalue weighted by Gasteiger charge is 2.17. The van der Waals surface area contributed by atoms with Crippen LogP contribution in [0.2, 0.25) is 0 Å². The maximum Gasteiger partial charge on any atom is 0.241 e. The van der Waals surface area contributed by atoms with Gasteiger partial charge in [-0.1, -0.05) is 6.07 Å². The molecule has 94 valence electrons. The molecule has 0 radical (unpaired) electrons. The number of pyridine rings is 1. The summed E-state index contributed by atoms with van der Waals surface area (Å²) in [4.78, 5) is 15.1. The number of nitrogens with zero attached hydrogens (tertiary/aromatic N) is 1. The van der Waals surface area contributed by atoms with Crippen molar-refractivity contribution in [2.45, 2.75) is 11.8 Å². The zero-order valence-electron chi connectivity index (χ0n) is 9.75.